The Morgan fingerprint density at radius 2 is 1.91 bits per heavy atom. The normalized spacial score (nSPS) is 11.5. The number of hydrogen-bond acceptors (Lipinski definition) is 3. The summed E-state index contributed by atoms with van der Waals surface area (Å²) in [7, 11) is 0. The van der Waals surface area contributed by atoms with Crippen molar-refractivity contribution in [2.45, 2.75) is 24.9 Å². The maximum atomic E-state index is 12.2. The molecule has 3 nitrogen and oxygen atoms in total. The lowest BCUT2D eigenvalue weighted by Gasteiger charge is -2.13. The van der Waals surface area contributed by atoms with Crippen molar-refractivity contribution in [3.05, 3.63) is 65.2 Å². The molecule has 0 aliphatic carbocycles. The lowest BCUT2D eigenvalue weighted by Crippen LogP contribution is -2.23. The van der Waals surface area contributed by atoms with E-state index >= 15 is 0 Å². The molecule has 2 aromatic rings. The van der Waals surface area contributed by atoms with Crippen molar-refractivity contribution < 1.29 is 4.79 Å². The number of para-hydroxylation sites is 1. The molecule has 22 heavy (non-hydrogen) atoms. The predicted molar refractivity (Wildman–Crippen MR) is 91.7 cm³/mol. The van der Waals surface area contributed by atoms with Crippen LogP contribution in [0.4, 0.5) is 5.69 Å². The third-order valence-electron chi connectivity index (χ3n) is 3.42. The third-order valence-corrected chi connectivity index (χ3v) is 4.62. The number of nitrogens with zero attached hydrogens (tertiary/aromatic N) is 1. The minimum atomic E-state index is -0.189. The van der Waals surface area contributed by atoms with Crippen molar-refractivity contribution in [2.24, 2.45) is 0 Å². The molecule has 0 spiro atoms. The SMILES string of the molecule is Cc1ccccc1CS[C@H](C)C(=O)Nc1ccccc1C#N. The van der Waals surface area contributed by atoms with Crippen molar-refractivity contribution in [2.75, 3.05) is 5.32 Å². The molecule has 4 heteroatoms. The zero-order valence-corrected chi connectivity index (χ0v) is 13.5. The van der Waals surface area contributed by atoms with Gasteiger partial charge in [-0.05, 0) is 37.1 Å². The Bertz CT molecular complexity index is 706. The van der Waals surface area contributed by atoms with E-state index in [1.54, 1.807) is 30.0 Å². The zero-order chi connectivity index (χ0) is 15.9. The second-order valence-corrected chi connectivity index (χ2v) is 6.36. The van der Waals surface area contributed by atoms with Crippen LogP contribution < -0.4 is 5.32 Å². The van der Waals surface area contributed by atoms with Gasteiger partial charge in [0.1, 0.15) is 6.07 Å². The number of rotatable bonds is 5. The maximum Gasteiger partial charge on any atom is 0.237 e. The second-order valence-electron chi connectivity index (χ2n) is 5.03. The fourth-order valence-corrected chi connectivity index (χ4v) is 2.95. The van der Waals surface area contributed by atoms with Crippen molar-refractivity contribution in [3.8, 4) is 6.07 Å². The molecule has 0 saturated carbocycles. The number of thioether (sulfide) groups is 1. The topological polar surface area (TPSA) is 52.9 Å². The molecule has 1 amide bonds. The molecule has 0 aromatic heterocycles. The Balaban J connectivity index is 1.95. The number of aryl methyl sites for hydroxylation is 1. The molecule has 1 N–H and O–H groups in total. The molecule has 0 unspecified atom stereocenters. The Kier molecular flexibility index (Phi) is 5.62. The summed E-state index contributed by atoms with van der Waals surface area (Å²) in [5.74, 6) is 0.711. The van der Waals surface area contributed by atoms with Gasteiger partial charge in [-0.1, -0.05) is 36.4 Å². The number of anilines is 1. The summed E-state index contributed by atoms with van der Waals surface area (Å²) >= 11 is 1.59. The first-order valence-electron chi connectivity index (χ1n) is 7.08. The number of hydrogen-bond donors (Lipinski definition) is 1. The largest absolute Gasteiger partial charge is 0.324 e. The molecule has 0 aliphatic heterocycles. The minimum Gasteiger partial charge on any atom is -0.324 e. The first-order valence-corrected chi connectivity index (χ1v) is 8.13. The van der Waals surface area contributed by atoms with Gasteiger partial charge >= 0.3 is 0 Å². The highest BCUT2D eigenvalue weighted by Gasteiger charge is 2.15. The maximum absolute atomic E-state index is 12.2. The fraction of sp³-hybridized carbons (Fsp3) is 0.222. The van der Waals surface area contributed by atoms with Crippen molar-refractivity contribution in [3.63, 3.8) is 0 Å². The lowest BCUT2D eigenvalue weighted by atomic mass is 10.1. The molecule has 2 rings (SSSR count). The third kappa shape index (κ3) is 4.12. The summed E-state index contributed by atoms with van der Waals surface area (Å²) in [6.07, 6.45) is 0. The van der Waals surface area contributed by atoms with Gasteiger partial charge in [0.05, 0.1) is 16.5 Å². The van der Waals surface area contributed by atoms with Crippen LogP contribution in [-0.4, -0.2) is 11.2 Å². The second kappa shape index (κ2) is 7.67. The van der Waals surface area contributed by atoms with Crippen LogP contribution in [0, 0.1) is 18.3 Å². The van der Waals surface area contributed by atoms with E-state index in [0.29, 0.717) is 11.3 Å². The van der Waals surface area contributed by atoms with Crippen LogP contribution in [0.1, 0.15) is 23.6 Å². The summed E-state index contributed by atoms with van der Waals surface area (Å²) in [4.78, 5) is 12.2. The minimum absolute atomic E-state index is 0.0821. The van der Waals surface area contributed by atoms with E-state index in [1.165, 1.54) is 11.1 Å². The molecule has 1 atom stereocenters. The monoisotopic (exact) mass is 310 g/mol. The average molecular weight is 310 g/mol. The van der Waals surface area contributed by atoms with Crippen LogP contribution in [-0.2, 0) is 10.5 Å². The zero-order valence-electron chi connectivity index (χ0n) is 12.7. The fourth-order valence-electron chi connectivity index (χ4n) is 1.99. The van der Waals surface area contributed by atoms with E-state index in [9.17, 15) is 4.79 Å². The summed E-state index contributed by atoms with van der Waals surface area (Å²) in [5.41, 5.74) is 3.52. The summed E-state index contributed by atoms with van der Waals surface area (Å²) in [6, 6.07) is 17.3. The number of benzene rings is 2. The molecule has 0 fully saturated rings. The summed E-state index contributed by atoms with van der Waals surface area (Å²) in [6.45, 7) is 3.96. The van der Waals surface area contributed by atoms with E-state index in [2.05, 4.69) is 30.4 Å². The molecular formula is C18H18N2OS. The van der Waals surface area contributed by atoms with E-state index in [4.69, 9.17) is 5.26 Å². The van der Waals surface area contributed by atoms with Gasteiger partial charge in [-0.15, -0.1) is 11.8 Å². The lowest BCUT2D eigenvalue weighted by molar-refractivity contribution is -0.115. The number of carbonyl (C=O) groups excluding carboxylic acids is 1. The highest BCUT2D eigenvalue weighted by Crippen LogP contribution is 2.22. The van der Waals surface area contributed by atoms with Gasteiger partial charge in [-0.25, -0.2) is 0 Å². The van der Waals surface area contributed by atoms with Crippen LogP contribution in [0.3, 0.4) is 0 Å². The van der Waals surface area contributed by atoms with Crippen LogP contribution in [0.2, 0.25) is 0 Å². The summed E-state index contributed by atoms with van der Waals surface area (Å²) < 4.78 is 0. The van der Waals surface area contributed by atoms with E-state index in [1.807, 2.05) is 25.1 Å². The number of nitriles is 1. The van der Waals surface area contributed by atoms with Crippen molar-refractivity contribution in [1.29, 1.82) is 5.26 Å². The van der Waals surface area contributed by atoms with Crippen molar-refractivity contribution >= 4 is 23.4 Å². The molecule has 0 heterocycles. The van der Waals surface area contributed by atoms with Crippen LogP contribution >= 0.6 is 11.8 Å². The molecule has 2 aromatic carbocycles. The molecular weight excluding hydrogens is 292 g/mol. The van der Waals surface area contributed by atoms with Gasteiger partial charge in [-0.2, -0.15) is 5.26 Å². The van der Waals surface area contributed by atoms with E-state index in [0.717, 1.165) is 5.75 Å². The standard InChI is InChI=1S/C18H18N2OS/c1-13-7-3-4-9-16(13)12-22-14(2)18(21)20-17-10-6-5-8-15(17)11-19/h3-10,14H,12H2,1-2H3,(H,20,21)/t14-/m1/s1. The van der Waals surface area contributed by atoms with Gasteiger partial charge < -0.3 is 5.32 Å². The molecule has 0 aliphatic rings. The number of nitrogens with one attached hydrogen (secondary N) is 1. The Labute approximate surface area is 135 Å². The smallest absolute Gasteiger partial charge is 0.237 e. The van der Waals surface area contributed by atoms with Crippen LogP contribution in [0.25, 0.3) is 0 Å². The van der Waals surface area contributed by atoms with E-state index in [-0.39, 0.29) is 11.2 Å². The van der Waals surface area contributed by atoms with E-state index < -0.39 is 0 Å². The van der Waals surface area contributed by atoms with Gasteiger partial charge in [0, 0.05) is 5.75 Å². The predicted octanol–water partition coefficient (Wildman–Crippen LogP) is 4.13. The highest BCUT2D eigenvalue weighted by atomic mass is 32.2. The Morgan fingerprint density at radius 1 is 1.23 bits per heavy atom. The Hall–Kier alpha value is -2.25. The average Bonchev–Trinajstić information content (AvgIpc) is 2.54. The number of amides is 1. The first kappa shape index (κ1) is 16.1. The Morgan fingerprint density at radius 3 is 2.64 bits per heavy atom. The molecule has 0 radical (unpaired) electrons. The van der Waals surface area contributed by atoms with Gasteiger partial charge in [0.25, 0.3) is 0 Å². The van der Waals surface area contributed by atoms with Gasteiger partial charge in [0.2, 0.25) is 5.91 Å². The molecule has 112 valence electrons. The van der Waals surface area contributed by atoms with Crippen LogP contribution in [0.15, 0.2) is 48.5 Å². The highest BCUT2D eigenvalue weighted by molar-refractivity contribution is 7.99. The molecule has 0 saturated heterocycles. The van der Waals surface area contributed by atoms with Crippen molar-refractivity contribution in [1.82, 2.24) is 0 Å². The quantitative estimate of drug-likeness (QED) is 0.903. The first-order chi connectivity index (χ1) is 10.6. The number of carbonyl (C=O) groups is 1. The van der Waals surface area contributed by atoms with Gasteiger partial charge in [0.15, 0.2) is 0 Å². The summed E-state index contributed by atoms with van der Waals surface area (Å²) in [5, 5.41) is 11.7. The molecule has 0 bridgehead atoms. The van der Waals surface area contributed by atoms with Gasteiger partial charge in [-0.3, -0.25) is 4.79 Å². The van der Waals surface area contributed by atoms with Crippen LogP contribution in [0.5, 0.6) is 0 Å².